The summed E-state index contributed by atoms with van der Waals surface area (Å²) in [6.07, 6.45) is -2.76. The second-order valence-corrected chi connectivity index (χ2v) is 6.05. The van der Waals surface area contributed by atoms with Crippen LogP contribution < -0.4 is 4.74 Å². The fourth-order valence-corrected chi connectivity index (χ4v) is 3.23. The number of para-hydroxylation sites is 1. The van der Waals surface area contributed by atoms with Crippen LogP contribution in [0.2, 0.25) is 0 Å². The Morgan fingerprint density at radius 3 is 2.69 bits per heavy atom. The zero-order valence-corrected chi connectivity index (χ0v) is 13.6. The molecule has 1 atom stereocenters. The summed E-state index contributed by atoms with van der Waals surface area (Å²) in [4.78, 5) is 20.1. The molecule has 134 valence electrons. The largest absolute Gasteiger partial charge is 0.496 e. The van der Waals surface area contributed by atoms with Crippen LogP contribution in [0.15, 0.2) is 30.5 Å². The third-order valence-electron chi connectivity index (χ3n) is 4.41. The third kappa shape index (κ3) is 2.69. The molecule has 1 aromatic carbocycles. The highest BCUT2D eigenvalue weighted by molar-refractivity contribution is 5.98. The van der Waals surface area contributed by atoms with Crippen molar-refractivity contribution in [2.45, 2.75) is 24.9 Å². The molecule has 0 spiro atoms. The van der Waals surface area contributed by atoms with E-state index in [2.05, 4.69) is 15.1 Å². The van der Waals surface area contributed by atoms with Crippen molar-refractivity contribution in [1.29, 1.82) is 0 Å². The molecule has 1 aliphatic rings. The van der Waals surface area contributed by atoms with Gasteiger partial charge in [0, 0.05) is 18.5 Å². The summed E-state index contributed by atoms with van der Waals surface area (Å²) < 4.78 is 44.7. The van der Waals surface area contributed by atoms with Crippen LogP contribution in [-0.2, 0) is 12.6 Å². The SMILES string of the molecule is COc1ccccc1[C@H]1CC(=O)c2cn3nc(C(F)(F)F)nc3nc2C1. The van der Waals surface area contributed by atoms with Gasteiger partial charge < -0.3 is 4.74 Å². The minimum atomic E-state index is -4.67. The molecule has 6 nitrogen and oxygen atoms in total. The molecule has 4 rings (SSSR count). The maximum atomic E-state index is 12.8. The molecule has 0 bridgehead atoms. The molecule has 0 amide bonds. The van der Waals surface area contributed by atoms with E-state index < -0.39 is 12.0 Å². The summed E-state index contributed by atoms with van der Waals surface area (Å²) in [6, 6.07) is 7.36. The van der Waals surface area contributed by atoms with Crippen molar-refractivity contribution in [3.63, 3.8) is 0 Å². The number of benzene rings is 1. The summed E-state index contributed by atoms with van der Waals surface area (Å²) in [7, 11) is 1.55. The highest BCUT2D eigenvalue weighted by Crippen LogP contribution is 2.36. The number of Topliss-reactive ketones (excluding diaryl/α,β-unsaturated/α-hetero) is 1. The number of aromatic nitrogens is 4. The first-order chi connectivity index (χ1) is 12.4. The smallest absolute Gasteiger partial charge is 0.453 e. The molecule has 9 heteroatoms. The van der Waals surface area contributed by atoms with Crippen molar-refractivity contribution < 1.29 is 22.7 Å². The topological polar surface area (TPSA) is 69.4 Å². The molecule has 0 saturated heterocycles. The van der Waals surface area contributed by atoms with Gasteiger partial charge in [-0.05, 0) is 18.1 Å². The van der Waals surface area contributed by atoms with Crippen LogP contribution in [-0.4, -0.2) is 32.5 Å². The van der Waals surface area contributed by atoms with E-state index in [0.29, 0.717) is 17.9 Å². The van der Waals surface area contributed by atoms with E-state index >= 15 is 0 Å². The molecule has 0 saturated carbocycles. The van der Waals surface area contributed by atoms with Crippen LogP contribution in [0.4, 0.5) is 13.2 Å². The fourth-order valence-electron chi connectivity index (χ4n) is 3.23. The number of nitrogens with zero attached hydrogens (tertiary/aromatic N) is 4. The number of hydrogen-bond acceptors (Lipinski definition) is 5. The molecule has 0 unspecified atom stereocenters. The Morgan fingerprint density at radius 1 is 1.19 bits per heavy atom. The first kappa shape index (κ1) is 16.5. The van der Waals surface area contributed by atoms with E-state index in [4.69, 9.17) is 4.74 Å². The Hall–Kier alpha value is -2.97. The van der Waals surface area contributed by atoms with Gasteiger partial charge >= 0.3 is 6.18 Å². The number of fused-ring (bicyclic) bond motifs is 2. The van der Waals surface area contributed by atoms with Crippen molar-refractivity contribution in [3.8, 4) is 5.75 Å². The number of carbonyl (C=O) groups excluding carboxylic acids is 1. The number of halogens is 3. The van der Waals surface area contributed by atoms with Gasteiger partial charge in [0.25, 0.3) is 11.6 Å². The number of ether oxygens (including phenoxy) is 1. The Morgan fingerprint density at radius 2 is 1.96 bits per heavy atom. The number of rotatable bonds is 2. The second-order valence-electron chi connectivity index (χ2n) is 6.05. The van der Waals surface area contributed by atoms with Gasteiger partial charge in [0.05, 0.1) is 18.4 Å². The van der Waals surface area contributed by atoms with Crippen LogP contribution in [0.5, 0.6) is 5.75 Å². The van der Waals surface area contributed by atoms with Gasteiger partial charge in [-0.2, -0.15) is 18.2 Å². The van der Waals surface area contributed by atoms with Crippen molar-refractivity contribution in [1.82, 2.24) is 19.6 Å². The van der Waals surface area contributed by atoms with E-state index in [1.807, 2.05) is 18.2 Å². The molecule has 0 radical (unpaired) electrons. The van der Waals surface area contributed by atoms with Crippen LogP contribution in [0, 0.1) is 0 Å². The van der Waals surface area contributed by atoms with Gasteiger partial charge in [-0.1, -0.05) is 18.2 Å². The molecular weight excluding hydrogens is 349 g/mol. The molecular formula is C17H13F3N4O2. The maximum absolute atomic E-state index is 12.8. The lowest BCUT2D eigenvalue weighted by atomic mass is 9.82. The van der Waals surface area contributed by atoms with Crippen LogP contribution in [0.25, 0.3) is 5.78 Å². The molecule has 3 aromatic rings. The predicted octanol–water partition coefficient (Wildman–Crippen LogP) is 3.06. The number of hydrogen-bond donors (Lipinski definition) is 0. The first-order valence-electron chi connectivity index (χ1n) is 7.86. The summed E-state index contributed by atoms with van der Waals surface area (Å²) in [5.74, 6) is -1.14. The minimum Gasteiger partial charge on any atom is -0.496 e. The zero-order chi connectivity index (χ0) is 18.5. The highest BCUT2D eigenvalue weighted by atomic mass is 19.4. The molecule has 0 aliphatic heterocycles. The van der Waals surface area contributed by atoms with Crippen LogP contribution >= 0.6 is 0 Å². The molecule has 1 aliphatic carbocycles. The number of carbonyl (C=O) groups is 1. The normalized spacial score (nSPS) is 17.4. The summed E-state index contributed by atoms with van der Waals surface area (Å²) in [5, 5.41) is 3.38. The number of alkyl halides is 3. The Kier molecular flexibility index (Phi) is 3.67. The number of ketones is 1. The monoisotopic (exact) mass is 362 g/mol. The first-order valence-corrected chi connectivity index (χ1v) is 7.86. The van der Waals surface area contributed by atoms with Gasteiger partial charge in [0.2, 0.25) is 0 Å². The quantitative estimate of drug-likeness (QED) is 0.701. The van der Waals surface area contributed by atoms with Crippen molar-refractivity contribution in [2.75, 3.05) is 7.11 Å². The van der Waals surface area contributed by atoms with Crippen LogP contribution in [0.3, 0.4) is 0 Å². The summed E-state index contributed by atoms with van der Waals surface area (Å²) in [5.41, 5.74) is 1.57. The highest BCUT2D eigenvalue weighted by Gasteiger charge is 2.37. The van der Waals surface area contributed by atoms with Crippen LogP contribution in [0.1, 0.15) is 39.8 Å². The van der Waals surface area contributed by atoms with E-state index in [1.54, 1.807) is 13.2 Å². The van der Waals surface area contributed by atoms with Gasteiger partial charge in [-0.3, -0.25) is 4.79 Å². The van der Waals surface area contributed by atoms with E-state index in [0.717, 1.165) is 10.1 Å². The Bertz CT molecular complexity index is 1010. The molecule has 2 aromatic heterocycles. The molecule has 0 N–H and O–H groups in total. The minimum absolute atomic E-state index is 0.161. The van der Waals surface area contributed by atoms with E-state index in [-0.39, 0.29) is 29.5 Å². The van der Waals surface area contributed by atoms with Crippen molar-refractivity contribution >= 4 is 11.6 Å². The van der Waals surface area contributed by atoms with Gasteiger partial charge in [-0.15, -0.1) is 5.10 Å². The Balaban J connectivity index is 1.77. The summed E-state index contributed by atoms with van der Waals surface area (Å²) in [6.45, 7) is 0. The average molecular weight is 362 g/mol. The summed E-state index contributed by atoms with van der Waals surface area (Å²) >= 11 is 0. The lowest BCUT2D eigenvalue weighted by Gasteiger charge is -2.24. The van der Waals surface area contributed by atoms with Gasteiger partial charge in [0.15, 0.2) is 5.78 Å². The van der Waals surface area contributed by atoms with Gasteiger partial charge in [0.1, 0.15) is 5.75 Å². The standard InChI is InChI=1S/C17H13F3N4O2/c1-26-14-5-3-2-4-10(14)9-6-12-11(13(25)7-9)8-24-16(21-12)22-15(23-24)17(18,19)20/h2-5,8-9H,6-7H2,1H3/t9-/m1/s1. The van der Waals surface area contributed by atoms with E-state index in [1.165, 1.54) is 6.20 Å². The maximum Gasteiger partial charge on any atom is 0.453 e. The fraction of sp³-hybridized carbons (Fsp3) is 0.294. The second kappa shape index (κ2) is 5.79. The lowest BCUT2D eigenvalue weighted by Crippen LogP contribution is -2.21. The molecule has 2 heterocycles. The lowest BCUT2D eigenvalue weighted by molar-refractivity contribution is -0.144. The van der Waals surface area contributed by atoms with Gasteiger partial charge in [-0.25, -0.2) is 9.50 Å². The van der Waals surface area contributed by atoms with Crippen molar-refractivity contribution in [2.24, 2.45) is 0 Å². The zero-order valence-electron chi connectivity index (χ0n) is 13.6. The third-order valence-corrected chi connectivity index (χ3v) is 4.41. The molecule has 0 fully saturated rings. The van der Waals surface area contributed by atoms with E-state index in [9.17, 15) is 18.0 Å². The predicted molar refractivity (Wildman–Crippen MR) is 84.2 cm³/mol. The molecule has 26 heavy (non-hydrogen) atoms. The number of methoxy groups -OCH3 is 1. The Labute approximate surface area is 145 Å². The average Bonchev–Trinajstić information content (AvgIpc) is 3.03. The van der Waals surface area contributed by atoms with Crippen molar-refractivity contribution in [3.05, 3.63) is 53.1 Å².